The molecule has 29 heavy (non-hydrogen) atoms. The van der Waals surface area contributed by atoms with Crippen molar-refractivity contribution in [3.8, 4) is 0 Å². The summed E-state index contributed by atoms with van der Waals surface area (Å²) in [5.74, 6) is 0.134. The number of pyridine rings is 1. The molecule has 1 N–H and O–H groups in total. The number of amides is 2. The van der Waals surface area contributed by atoms with Crippen LogP contribution < -0.4 is 5.32 Å². The Hall–Kier alpha value is -2.08. The number of aromatic nitrogens is 1. The summed E-state index contributed by atoms with van der Waals surface area (Å²) in [5.41, 5.74) is 1.44. The molecule has 5 nitrogen and oxygen atoms in total. The maximum absolute atomic E-state index is 13.1. The van der Waals surface area contributed by atoms with Crippen LogP contribution in [0.15, 0.2) is 35.4 Å². The van der Waals surface area contributed by atoms with E-state index < -0.39 is 0 Å². The van der Waals surface area contributed by atoms with Gasteiger partial charge in [0.15, 0.2) is 0 Å². The number of nitrogens with zero attached hydrogens (tertiary/aromatic N) is 2. The van der Waals surface area contributed by atoms with Crippen molar-refractivity contribution < 1.29 is 9.59 Å². The number of hydrogen-bond acceptors (Lipinski definition) is 4. The van der Waals surface area contributed by atoms with Crippen molar-refractivity contribution in [1.82, 2.24) is 15.2 Å². The predicted molar refractivity (Wildman–Crippen MR) is 117 cm³/mol. The van der Waals surface area contributed by atoms with Gasteiger partial charge in [-0.1, -0.05) is 36.9 Å². The zero-order valence-electron chi connectivity index (χ0n) is 17.2. The largest absolute Gasteiger partial charge is 0.349 e. The summed E-state index contributed by atoms with van der Waals surface area (Å²) < 4.78 is 0. The second-order valence-corrected chi connectivity index (χ2v) is 9.48. The van der Waals surface area contributed by atoms with Crippen molar-refractivity contribution in [1.29, 1.82) is 0 Å². The van der Waals surface area contributed by atoms with Crippen LogP contribution in [0, 0.1) is 0 Å². The van der Waals surface area contributed by atoms with Crippen LogP contribution >= 0.6 is 11.8 Å². The molecule has 6 heteroatoms. The van der Waals surface area contributed by atoms with Crippen LogP contribution in [0.5, 0.6) is 0 Å². The number of piperidine rings is 1. The van der Waals surface area contributed by atoms with Gasteiger partial charge in [-0.05, 0) is 57.6 Å². The van der Waals surface area contributed by atoms with Gasteiger partial charge < -0.3 is 10.2 Å². The smallest absolute Gasteiger partial charge is 0.252 e. The van der Waals surface area contributed by atoms with Crippen molar-refractivity contribution in [2.75, 3.05) is 6.54 Å². The van der Waals surface area contributed by atoms with Crippen molar-refractivity contribution >= 4 is 34.5 Å². The molecular formula is C23H29N3O2S. The van der Waals surface area contributed by atoms with Gasteiger partial charge in [0, 0.05) is 24.0 Å². The first-order valence-corrected chi connectivity index (χ1v) is 11.6. The molecule has 2 unspecified atom stereocenters. The standard InChI is InChI=1S/C23H29N3O2S/c1-3-17-8-6-7-13-26(17)23(28)15(2)29-21-14-19(22(27)24-16-11-12-16)18-9-4-5-10-20(18)25-21/h4-5,9-10,14-17H,3,6-8,11-13H2,1-2H3,(H,24,27). The Labute approximate surface area is 176 Å². The molecular weight excluding hydrogens is 382 g/mol. The number of benzene rings is 1. The van der Waals surface area contributed by atoms with Gasteiger partial charge in [0.1, 0.15) is 0 Å². The summed E-state index contributed by atoms with van der Waals surface area (Å²) in [6.07, 6.45) is 6.49. The van der Waals surface area contributed by atoms with Crippen LogP contribution in [-0.4, -0.2) is 45.6 Å². The monoisotopic (exact) mass is 411 g/mol. The van der Waals surface area contributed by atoms with Crippen molar-refractivity contribution in [3.63, 3.8) is 0 Å². The third-order valence-corrected chi connectivity index (χ3v) is 6.88. The fourth-order valence-corrected chi connectivity index (χ4v) is 5.01. The van der Waals surface area contributed by atoms with Crippen LogP contribution in [-0.2, 0) is 4.79 Å². The third kappa shape index (κ3) is 4.58. The number of carbonyl (C=O) groups excluding carboxylic acids is 2. The van der Waals surface area contributed by atoms with Crippen molar-refractivity contribution in [3.05, 3.63) is 35.9 Å². The number of thioether (sulfide) groups is 1. The number of nitrogens with one attached hydrogen (secondary N) is 1. The minimum absolute atomic E-state index is 0.0472. The minimum atomic E-state index is -0.227. The van der Waals surface area contributed by atoms with E-state index in [0.717, 1.165) is 54.6 Å². The Morgan fingerprint density at radius 3 is 2.79 bits per heavy atom. The van der Waals surface area contributed by atoms with E-state index in [9.17, 15) is 9.59 Å². The van der Waals surface area contributed by atoms with E-state index in [1.54, 1.807) is 0 Å². The van der Waals surface area contributed by atoms with Gasteiger partial charge >= 0.3 is 0 Å². The maximum Gasteiger partial charge on any atom is 0.252 e. The number of hydrogen-bond donors (Lipinski definition) is 1. The summed E-state index contributed by atoms with van der Waals surface area (Å²) in [4.78, 5) is 32.7. The zero-order chi connectivity index (χ0) is 20.4. The second-order valence-electron chi connectivity index (χ2n) is 8.12. The molecule has 0 bridgehead atoms. The molecule has 0 radical (unpaired) electrons. The highest BCUT2D eigenvalue weighted by Crippen LogP contribution is 2.30. The molecule has 154 valence electrons. The molecule has 2 heterocycles. The number of carbonyl (C=O) groups is 2. The topological polar surface area (TPSA) is 62.3 Å². The molecule has 2 fully saturated rings. The lowest BCUT2D eigenvalue weighted by Crippen LogP contribution is -2.46. The van der Waals surface area contributed by atoms with E-state index in [4.69, 9.17) is 4.98 Å². The molecule has 2 amide bonds. The summed E-state index contributed by atoms with van der Waals surface area (Å²) >= 11 is 1.46. The average molecular weight is 412 g/mol. The van der Waals surface area contributed by atoms with Gasteiger partial charge in [-0.25, -0.2) is 4.98 Å². The molecule has 1 saturated heterocycles. The lowest BCUT2D eigenvalue weighted by atomic mass is 10.00. The van der Waals surface area contributed by atoms with Crippen LogP contribution in [0.4, 0.5) is 0 Å². The van der Waals surface area contributed by atoms with Crippen molar-refractivity contribution in [2.45, 2.75) is 74.7 Å². The van der Waals surface area contributed by atoms with Gasteiger partial charge in [0.25, 0.3) is 5.91 Å². The SMILES string of the molecule is CCC1CCCCN1C(=O)C(C)Sc1cc(C(=O)NC2CC2)c2ccccc2n1. The Morgan fingerprint density at radius 1 is 1.24 bits per heavy atom. The number of likely N-dealkylation sites (tertiary alicyclic amines) is 1. The van der Waals surface area contributed by atoms with Gasteiger partial charge in [-0.15, -0.1) is 0 Å². The van der Waals surface area contributed by atoms with Crippen LogP contribution in [0.1, 0.15) is 62.7 Å². The summed E-state index contributed by atoms with van der Waals surface area (Å²) in [6, 6.07) is 10.2. The molecule has 1 aliphatic carbocycles. The first kappa shape index (κ1) is 20.2. The highest BCUT2D eigenvalue weighted by atomic mass is 32.2. The van der Waals surface area contributed by atoms with Gasteiger partial charge in [0.2, 0.25) is 5.91 Å². The molecule has 2 aliphatic rings. The Balaban J connectivity index is 1.56. The van der Waals surface area contributed by atoms with Gasteiger partial charge in [0.05, 0.1) is 21.4 Å². The van der Waals surface area contributed by atoms with E-state index >= 15 is 0 Å². The molecule has 4 rings (SSSR count). The normalized spacial score (nSPS) is 20.5. The van der Waals surface area contributed by atoms with Crippen LogP contribution in [0.2, 0.25) is 0 Å². The molecule has 1 aromatic carbocycles. The Bertz CT molecular complexity index is 912. The molecule has 1 saturated carbocycles. The lowest BCUT2D eigenvalue weighted by molar-refractivity contribution is -0.134. The molecule has 2 aromatic rings. The summed E-state index contributed by atoms with van der Waals surface area (Å²) in [6.45, 7) is 4.96. The van der Waals surface area contributed by atoms with E-state index in [-0.39, 0.29) is 17.1 Å². The number of fused-ring (bicyclic) bond motifs is 1. The molecule has 0 spiro atoms. The fourth-order valence-electron chi connectivity index (χ4n) is 4.07. The van der Waals surface area contributed by atoms with E-state index in [0.29, 0.717) is 17.6 Å². The Morgan fingerprint density at radius 2 is 2.03 bits per heavy atom. The quantitative estimate of drug-likeness (QED) is 0.716. The molecule has 2 atom stereocenters. The first-order chi connectivity index (χ1) is 14.1. The third-order valence-electron chi connectivity index (χ3n) is 5.88. The zero-order valence-corrected chi connectivity index (χ0v) is 18.0. The van der Waals surface area contributed by atoms with Gasteiger partial charge in [-0.2, -0.15) is 0 Å². The summed E-state index contributed by atoms with van der Waals surface area (Å²) in [5, 5.41) is 4.44. The highest BCUT2D eigenvalue weighted by molar-refractivity contribution is 8.00. The minimum Gasteiger partial charge on any atom is -0.349 e. The van der Waals surface area contributed by atoms with Crippen molar-refractivity contribution in [2.24, 2.45) is 0 Å². The first-order valence-electron chi connectivity index (χ1n) is 10.7. The number of rotatable bonds is 6. The lowest BCUT2D eigenvalue weighted by Gasteiger charge is -2.36. The Kier molecular flexibility index (Phi) is 6.09. The summed E-state index contributed by atoms with van der Waals surface area (Å²) in [7, 11) is 0. The maximum atomic E-state index is 13.1. The average Bonchev–Trinajstić information content (AvgIpc) is 3.56. The van der Waals surface area contributed by atoms with E-state index in [2.05, 4.69) is 17.1 Å². The molecule has 1 aromatic heterocycles. The van der Waals surface area contributed by atoms with E-state index in [1.807, 2.05) is 37.3 Å². The molecule has 1 aliphatic heterocycles. The fraction of sp³-hybridized carbons (Fsp3) is 0.522. The second kappa shape index (κ2) is 8.74. The van der Waals surface area contributed by atoms with E-state index in [1.165, 1.54) is 18.2 Å². The van der Waals surface area contributed by atoms with Crippen LogP contribution in [0.3, 0.4) is 0 Å². The predicted octanol–water partition coefficient (Wildman–Crippen LogP) is 4.40. The van der Waals surface area contributed by atoms with Crippen LogP contribution in [0.25, 0.3) is 10.9 Å². The number of para-hydroxylation sites is 1. The highest BCUT2D eigenvalue weighted by Gasteiger charge is 2.30. The van der Waals surface area contributed by atoms with Gasteiger partial charge in [-0.3, -0.25) is 9.59 Å².